The van der Waals surface area contributed by atoms with Crippen LogP contribution in [0.15, 0.2) is 29.2 Å². The van der Waals surface area contributed by atoms with Crippen LogP contribution < -0.4 is 0 Å². The average Bonchev–Trinajstić information content (AvgIpc) is 3.31. The number of hydrogen-bond donors (Lipinski definition) is 3. The summed E-state index contributed by atoms with van der Waals surface area (Å²) in [4.78, 5) is 23.7. The quantitative estimate of drug-likeness (QED) is 0.287. The molecular formula is C35H52O7S. The molecule has 4 aliphatic carbocycles. The van der Waals surface area contributed by atoms with Gasteiger partial charge < -0.3 is 15.3 Å². The van der Waals surface area contributed by atoms with Crippen molar-refractivity contribution in [3.05, 3.63) is 29.8 Å². The molecule has 0 aliphatic heterocycles. The number of aliphatic hydroxyl groups is 2. The fraction of sp³-hybridized carbons (Fsp3) is 0.771. The molecule has 240 valence electrons. The number of hydrogen-bond acceptors (Lipinski definition) is 6. The Morgan fingerprint density at radius 1 is 0.953 bits per heavy atom. The van der Waals surface area contributed by atoms with Gasteiger partial charge in [0.15, 0.2) is 9.84 Å². The zero-order chi connectivity index (χ0) is 31.3. The van der Waals surface area contributed by atoms with E-state index in [0.717, 1.165) is 51.4 Å². The molecule has 0 radical (unpaired) electrons. The van der Waals surface area contributed by atoms with Crippen molar-refractivity contribution in [2.45, 2.75) is 115 Å². The molecule has 0 heterocycles. The molecule has 7 nitrogen and oxygen atoms in total. The smallest absolute Gasteiger partial charge is 0.335 e. The lowest BCUT2D eigenvalue weighted by Gasteiger charge is -2.64. The summed E-state index contributed by atoms with van der Waals surface area (Å²) in [6.07, 6.45) is 9.51. The first-order chi connectivity index (χ1) is 20.2. The Balaban J connectivity index is 1.20. The molecule has 4 aliphatic rings. The summed E-state index contributed by atoms with van der Waals surface area (Å²) in [6, 6.07) is 5.00. The first kappa shape index (κ1) is 32.6. The van der Waals surface area contributed by atoms with Crippen LogP contribution in [0.1, 0.15) is 109 Å². The van der Waals surface area contributed by atoms with Crippen LogP contribution in [0.2, 0.25) is 0 Å². The summed E-state index contributed by atoms with van der Waals surface area (Å²) in [6.45, 7) is 9.43. The van der Waals surface area contributed by atoms with Gasteiger partial charge in [0, 0.05) is 6.42 Å². The molecule has 1 aromatic carbocycles. The summed E-state index contributed by atoms with van der Waals surface area (Å²) in [5, 5.41) is 31.5. The van der Waals surface area contributed by atoms with Crippen molar-refractivity contribution >= 4 is 21.6 Å². The Labute approximate surface area is 257 Å². The molecule has 4 saturated carbocycles. The Morgan fingerprint density at radius 2 is 1.60 bits per heavy atom. The first-order valence-electron chi connectivity index (χ1n) is 16.7. The van der Waals surface area contributed by atoms with Gasteiger partial charge in [0.1, 0.15) is 11.5 Å². The van der Waals surface area contributed by atoms with Crippen LogP contribution in [0.25, 0.3) is 0 Å². The molecule has 4 fully saturated rings. The number of ketones is 1. The molecule has 0 saturated heterocycles. The van der Waals surface area contributed by atoms with Gasteiger partial charge in [-0.2, -0.15) is 0 Å². The van der Waals surface area contributed by atoms with Gasteiger partial charge in [0.2, 0.25) is 0 Å². The Hall–Kier alpha value is -1.77. The highest BCUT2D eigenvalue weighted by molar-refractivity contribution is 7.92. The van der Waals surface area contributed by atoms with Gasteiger partial charge in [0.25, 0.3) is 0 Å². The van der Waals surface area contributed by atoms with Crippen LogP contribution in [0.5, 0.6) is 0 Å². The number of sulfone groups is 1. The van der Waals surface area contributed by atoms with Gasteiger partial charge in [-0.3, -0.25) is 4.79 Å². The summed E-state index contributed by atoms with van der Waals surface area (Å²) in [5.41, 5.74) is 0.353. The number of carbonyl (C=O) groups is 2. The number of carbonyl (C=O) groups excluding carboxylic acids is 1. The fourth-order valence-corrected chi connectivity index (χ4v) is 12.2. The van der Waals surface area contributed by atoms with Crippen molar-refractivity contribution in [2.75, 3.05) is 5.75 Å². The lowest BCUT2D eigenvalue weighted by atomic mass is 9.41. The zero-order valence-corrected chi connectivity index (χ0v) is 27.2. The highest BCUT2D eigenvalue weighted by atomic mass is 32.2. The molecule has 3 N–H and O–H groups in total. The van der Waals surface area contributed by atoms with Gasteiger partial charge in [0.05, 0.1) is 22.7 Å². The van der Waals surface area contributed by atoms with Crippen molar-refractivity contribution in [2.24, 2.45) is 52.3 Å². The lowest BCUT2D eigenvalue weighted by molar-refractivity contribution is -0.203. The van der Waals surface area contributed by atoms with E-state index in [1.165, 1.54) is 30.7 Å². The zero-order valence-electron chi connectivity index (χ0n) is 26.4. The van der Waals surface area contributed by atoms with E-state index in [1.54, 1.807) is 0 Å². The number of carboxylic acid groups (broad SMARTS) is 1. The Bertz CT molecular complexity index is 1290. The SMILES string of the molecule is CC[C@H]1[C@@H](O)[C@@H]2[C@H](CC[C@]3(C)[C@@H]([C@H](C)CCCC(=O)CS(=O)(=O)c4ccc(C(=O)O)cc4)CC[C@@H]23)[C@@]2(C)CC[C@@H](O)C[C@@H]12. The van der Waals surface area contributed by atoms with Crippen LogP contribution in [0, 0.1) is 52.3 Å². The second-order valence-electron chi connectivity index (χ2n) is 15.1. The van der Waals surface area contributed by atoms with E-state index in [4.69, 9.17) is 5.11 Å². The van der Waals surface area contributed by atoms with Crippen LogP contribution in [0.4, 0.5) is 0 Å². The monoisotopic (exact) mass is 616 g/mol. The third kappa shape index (κ3) is 5.85. The van der Waals surface area contributed by atoms with Crippen LogP contribution in [-0.2, 0) is 14.6 Å². The van der Waals surface area contributed by atoms with E-state index in [2.05, 4.69) is 27.7 Å². The van der Waals surface area contributed by atoms with Crippen molar-refractivity contribution in [1.82, 2.24) is 0 Å². The molecule has 11 atom stereocenters. The second kappa shape index (κ2) is 12.2. The number of aromatic carboxylic acids is 1. The van der Waals surface area contributed by atoms with Crippen LogP contribution in [-0.4, -0.2) is 53.5 Å². The van der Waals surface area contributed by atoms with Crippen LogP contribution >= 0.6 is 0 Å². The minimum atomic E-state index is -3.81. The standard InChI is InChI=1S/C35H52O7S/c1-5-26-30-19-23(36)15-17-35(30,4)29-16-18-34(3)27(13-14-28(34)31(29)32(26)38)21(2)7-6-8-24(37)20-43(41,42)25-11-9-22(10-12-25)33(39)40/h9-12,21,23,26-32,36,38H,5-8,13-20H2,1-4H3,(H,39,40)/t21-,23-,26-,27-,28+,29+,30+,31+,32-,34-,35-/m1/s1. The third-order valence-corrected chi connectivity index (χ3v) is 14.8. The van der Waals surface area contributed by atoms with Gasteiger partial charge in [-0.15, -0.1) is 0 Å². The molecule has 0 bridgehead atoms. The normalized spacial score (nSPS) is 39.8. The molecule has 8 heteroatoms. The number of aliphatic hydroxyl groups excluding tert-OH is 2. The molecule has 0 amide bonds. The topological polar surface area (TPSA) is 129 Å². The number of Topliss-reactive ketones (excluding diaryl/α,β-unsaturated/α-hetero) is 1. The maximum absolute atomic E-state index is 12.7. The van der Waals surface area contributed by atoms with E-state index in [1.807, 2.05) is 0 Å². The highest BCUT2D eigenvalue weighted by Gasteiger charge is 2.64. The van der Waals surface area contributed by atoms with Gasteiger partial charge in [-0.1, -0.05) is 40.5 Å². The molecule has 0 spiro atoms. The van der Waals surface area contributed by atoms with Crippen molar-refractivity contribution in [3.63, 3.8) is 0 Å². The molecule has 1 aromatic rings. The predicted molar refractivity (Wildman–Crippen MR) is 165 cm³/mol. The minimum absolute atomic E-state index is 0.00555. The third-order valence-electron chi connectivity index (χ3n) is 13.1. The molecule has 0 unspecified atom stereocenters. The van der Waals surface area contributed by atoms with Crippen molar-refractivity contribution < 1.29 is 33.3 Å². The van der Waals surface area contributed by atoms with E-state index in [9.17, 15) is 28.2 Å². The van der Waals surface area contributed by atoms with Crippen LogP contribution in [0.3, 0.4) is 0 Å². The Morgan fingerprint density at radius 3 is 2.26 bits per heavy atom. The van der Waals surface area contributed by atoms with Crippen molar-refractivity contribution in [3.8, 4) is 0 Å². The summed E-state index contributed by atoms with van der Waals surface area (Å²) in [7, 11) is -3.81. The first-order valence-corrected chi connectivity index (χ1v) is 18.3. The predicted octanol–water partition coefficient (Wildman–Crippen LogP) is 6.16. The second-order valence-corrected chi connectivity index (χ2v) is 17.1. The van der Waals surface area contributed by atoms with Gasteiger partial charge in [-0.25, -0.2) is 13.2 Å². The maximum atomic E-state index is 12.7. The number of carboxylic acids is 1. The highest BCUT2D eigenvalue weighted by Crippen LogP contribution is 2.69. The molecule has 5 rings (SSSR count). The van der Waals surface area contributed by atoms with Crippen molar-refractivity contribution in [1.29, 1.82) is 0 Å². The number of fused-ring (bicyclic) bond motifs is 5. The number of benzene rings is 1. The molecule has 0 aromatic heterocycles. The van der Waals surface area contributed by atoms with Gasteiger partial charge in [-0.05, 0) is 128 Å². The average molecular weight is 617 g/mol. The largest absolute Gasteiger partial charge is 0.478 e. The van der Waals surface area contributed by atoms with E-state index in [-0.39, 0.29) is 51.6 Å². The minimum Gasteiger partial charge on any atom is -0.478 e. The van der Waals surface area contributed by atoms with E-state index >= 15 is 0 Å². The lowest BCUT2D eigenvalue weighted by Crippen LogP contribution is -2.62. The van der Waals surface area contributed by atoms with E-state index < -0.39 is 21.6 Å². The summed E-state index contributed by atoms with van der Waals surface area (Å²) < 4.78 is 25.5. The maximum Gasteiger partial charge on any atom is 0.335 e. The molecule has 43 heavy (non-hydrogen) atoms. The summed E-state index contributed by atoms with van der Waals surface area (Å²) >= 11 is 0. The van der Waals surface area contributed by atoms with Gasteiger partial charge >= 0.3 is 5.97 Å². The fourth-order valence-electron chi connectivity index (χ4n) is 10.9. The summed E-state index contributed by atoms with van der Waals surface area (Å²) in [5.74, 6) is 0.898. The Kier molecular flexibility index (Phi) is 9.26. The molecular weight excluding hydrogens is 564 g/mol. The van der Waals surface area contributed by atoms with E-state index in [0.29, 0.717) is 41.9 Å². The number of rotatable bonds is 10.